The first-order valence-electron chi connectivity index (χ1n) is 9.94. The molecule has 1 aromatic heterocycles. The highest BCUT2D eigenvalue weighted by atomic mass is 32.2. The van der Waals surface area contributed by atoms with E-state index in [1.165, 1.54) is 25.3 Å². The summed E-state index contributed by atoms with van der Waals surface area (Å²) in [5, 5.41) is 6.27. The molecule has 9 nitrogen and oxygen atoms in total. The Hall–Kier alpha value is -3.66. The van der Waals surface area contributed by atoms with E-state index in [0.29, 0.717) is 29.1 Å². The van der Waals surface area contributed by atoms with Gasteiger partial charge in [0, 0.05) is 24.3 Å². The van der Waals surface area contributed by atoms with Crippen molar-refractivity contribution in [2.75, 3.05) is 14.9 Å². The fourth-order valence-electron chi connectivity index (χ4n) is 3.84. The number of nitrogens with zero attached hydrogens (tertiary/aromatic N) is 2. The number of aryl methyl sites for hydroxylation is 1. The molecule has 0 fully saturated rings. The van der Waals surface area contributed by atoms with E-state index in [9.17, 15) is 18.0 Å². The molecule has 1 aliphatic heterocycles. The van der Waals surface area contributed by atoms with Gasteiger partial charge in [-0.2, -0.15) is 0 Å². The molecule has 0 aliphatic carbocycles. The standard InChI is InChI=1S/C22H22N4O5S/c1-13-9-16-10-19(7-8-21(16)26(13)15(3)27)32(29,30)25-18-6-4-5-17(11-18)24-22(28)20-12-23-31-14(20)2/h4-8,10-13,25H,9H2,1-3H3,(H,24,28). The number of carbonyl (C=O) groups excluding carboxylic acids is 2. The van der Waals surface area contributed by atoms with Crippen molar-refractivity contribution in [3.8, 4) is 0 Å². The first-order valence-corrected chi connectivity index (χ1v) is 11.4. The van der Waals surface area contributed by atoms with Crippen LogP contribution in [-0.4, -0.2) is 31.4 Å². The molecule has 2 N–H and O–H groups in total. The van der Waals surface area contributed by atoms with Crippen LogP contribution >= 0.6 is 0 Å². The lowest BCUT2D eigenvalue weighted by Crippen LogP contribution is -2.33. The first kappa shape index (κ1) is 21.6. The summed E-state index contributed by atoms with van der Waals surface area (Å²) < 4.78 is 33.4. The summed E-state index contributed by atoms with van der Waals surface area (Å²) >= 11 is 0. The molecule has 1 aliphatic rings. The molecule has 3 aromatic rings. The SMILES string of the molecule is CC(=O)N1c2ccc(S(=O)(=O)Nc3cccc(NC(=O)c4cnoc4C)c3)cc2CC1C. The van der Waals surface area contributed by atoms with Crippen molar-refractivity contribution in [2.24, 2.45) is 0 Å². The van der Waals surface area contributed by atoms with E-state index in [2.05, 4.69) is 15.2 Å². The van der Waals surface area contributed by atoms with Gasteiger partial charge in [-0.25, -0.2) is 8.42 Å². The van der Waals surface area contributed by atoms with Crippen LogP contribution in [0.2, 0.25) is 0 Å². The third kappa shape index (κ3) is 4.09. The van der Waals surface area contributed by atoms with Crippen molar-refractivity contribution in [1.82, 2.24) is 5.16 Å². The minimum absolute atomic E-state index is 0.0252. The smallest absolute Gasteiger partial charge is 0.261 e. The number of rotatable bonds is 5. The maximum Gasteiger partial charge on any atom is 0.261 e. The Morgan fingerprint density at radius 3 is 2.59 bits per heavy atom. The Morgan fingerprint density at radius 1 is 1.16 bits per heavy atom. The molecule has 2 amide bonds. The largest absolute Gasteiger partial charge is 0.361 e. The average molecular weight is 455 g/mol. The highest BCUT2D eigenvalue weighted by Crippen LogP contribution is 2.34. The summed E-state index contributed by atoms with van der Waals surface area (Å²) in [5.41, 5.74) is 2.54. The number of benzene rings is 2. The maximum atomic E-state index is 13.0. The molecule has 2 heterocycles. The number of nitrogens with one attached hydrogen (secondary N) is 2. The topological polar surface area (TPSA) is 122 Å². The monoisotopic (exact) mass is 454 g/mol. The van der Waals surface area contributed by atoms with Crippen molar-refractivity contribution in [3.05, 3.63) is 65.5 Å². The van der Waals surface area contributed by atoms with E-state index in [1.54, 1.807) is 42.2 Å². The first-order chi connectivity index (χ1) is 15.2. The van der Waals surface area contributed by atoms with E-state index in [4.69, 9.17) is 4.52 Å². The van der Waals surface area contributed by atoms with Gasteiger partial charge in [0.25, 0.3) is 15.9 Å². The molecule has 1 atom stereocenters. The van der Waals surface area contributed by atoms with Crippen LogP contribution in [0.4, 0.5) is 17.1 Å². The average Bonchev–Trinajstić information content (AvgIpc) is 3.29. The van der Waals surface area contributed by atoms with Gasteiger partial charge >= 0.3 is 0 Å². The molecule has 2 aromatic carbocycles. The van der Waals surface area contributed by atoms with Crippen molar-refractivity contribution < 1.29 is 22.5 Å². The summed E-state index contributed by atoms with van der Waals surface area (Å²) in [6.07, 6.45) is 1.90. The summed E-state index contributed by atoms with van der Waals surface area (Å²) in [6, 6.07) is 11.1. The number of sulfonamides is 1. The zero-order valence-electron chi connectivity index (χ0n) is 17.7. The molecule has 0 spiro atoms. The summed E-state index contributed by atoms with van der Waals surface area (Å²) in [7, 11) is -3.88. The second-order valence-corrected chi connectivity index (χ2v) is 9.35. The summed E-state index contributed by atoms with van der Waals surface area (Å²) in [4.78, 5) is 26.0. The third-order valence-electron chi connectivity index (χ3n) is 5.28. The van der Waals surface area contributed by atoms with E-state index in [-0.39, 0.29) is 16.8 Å². The van der Waals surface area contributed by atoms with Crippen LogP contribution < -0.4 is 14.9 Å². The quantitative estimate of drug-likeness (QED) is 0.610. The molecular formula is C22H22N4O5S. The van der Waals surface area contributed by atoms with Crippen LogP contribution in [0.1, 0.15) is 35.5 Å². The van der Waals surface area contributed by atoms with Gasteiger partial charge in [-0.1, -0.05) is 11.2 Å². The van der Waals surface area contributed by atoms with Crippen molar-refractivity contribution in [3.63, 3.8) is 0 Å². The lowest BCUT2D eigenvalue weighted by atomic mass is 10.1. The van der Waals surface area contributed by atoms with Crippen molar-refractivity contribution >= 4 is 38.9 Å². The van der Waals surface area contributed by atoms with Gasteiger partial charge in [0.2, 0.25) is 5.91 Å². The molecule has 10 heteroatoms. The Balaban J connectivity index is 1.54. The number of hydrogen-bond donors (Lipinski definition) is 2. The predicted molar refractivity (Wildman–Crippen MR) is 119 cm³/mol. The van der Waals surface area contributed by atoms with E-state index < -0.39 is 15.9 Å². The van der Waals surface area contributed by atoms with Crippen LogP contribution in [-0.2, 0) is 21.2 Å². The number of aromatic nitrogens is 1. The second-order valence-electron chi connectivity index (χ2n) is 7.67. The Kier molecular flexibility index (Phi) is 5.47. The number of hydrogen-bond acceptors (Lipinski definition) is 6. The Morgan fingerprint density at radius 2 is 1.91 bits per heavy atom. The second kappa shape index (κ2) is 8.12. The van der Waals surface area contributed by atoms with E-state index in [0.717, 1.165) is 11.3 Å². The van der Waals surface area contributed by atoms with Gasteiger partial charge in [-0.3, -0.25) is 14.3 Å². The Bertz CT molecular complexity index is 1320. The fourth-order valence-corrected chi connectivity index (χ4v) is 4.94. The van der Waals surface area contributed by atoms with Crippen molar-refractivity contribution in [2.45, 2.75) is 38.1 Å². The molecule has 0 saturated heterocycles. The van der Waals surface area contributed by atoms with Gasteiger partial charge in [-0.15, -0.1) is 0 Å². The highest BCUT2D eigenvalue weighted by Gasteiger charge is 2.30. The zero-order chi connectivity index (χ0) is 23.0. The van der Waals surface area contributed by atoms with Crippen LogP contribution in [0.25, 0.3) is 0 Å². The number of anilines is 3. The predicted octanol–water partition coefficient (Wildman–Crippen LogP) is 3.33. The lowest BCUT2D eigenvalue weighted by Gasteiger charge is -2.20. The fraction of sp³-hybridized carbons (Fsp3) is 0.227. The summed E-state index contributed by atoms with van der Waals surface area (Å²) in [6.45, 7) is 5.04. The molecule has 1 unspecified atom stereocenters. The van der Waals surface area contributed by atoms with Gasteiger partial charge in [0.05, 0.1) is 16.8 Å². The minimum Gasteiger partial charge on any atom is -0.361 e. The third-order valence-corrected chi connectivity index (χ3v) is 6.66. The Labute approximate surface area is 185 Å². The maximum absolute atomic E-state index is 13.0. The van der Waals surface area contributed by atoms with Gasteiger partial charge in [-0.05, 0) is 62.2 Å². The molecular weight excluding hydrogens is 432 g/mol. The summed E-state index contributed by atoms with van der Waals surface area (Å²) in [5.74, 6) is -0.106. The van der Waals surface area contributed by atoms with Crippen LogP contribution in [0, 0.1) is 6.92 Å². The number of carbonyl (C=O) groups is 2. The lowest BCUT2D eigenvalue weighted by molar-refractivity contribution is -0.116. The number of fused-ring (bicyclic) bond motifs is 1. The van der Waals surface area contributed by atoms with E-state index in [1.807, 2.05) is 6.92 Å². The van der Waals surface area contributed by atoms with Gasteiger partial charge < -0.3 is 14.7 Å². The highest BCUT2D eigenvalue weighted by molar-refractivity contribution is 7.92. The number of amides is 2. The normalized spacial score (nSPS) is 15.3. The van der Waals surface area contributed by atoms with Gasteiger partial charge in [0.15, 0.2) is 0 Å². The van der Waals surface area contributed by atoms with E-state index >= 15 is 0 Å². The van der Waals surface area contributed by atoms with Crippen molar-refractivity contribution in [1.29, 1.82) is 0 Å². The minimum atomic E-state index is -3.88. The molecule has 166 valence electrons. The van der Waals surface area contributed by atoms with Crippen LogP contribution in [0.15, 0.2) is 58.1 Å². The molecule has 0 radical (unpaired) electrons. The molecule has 0 bridgehead atoms. The molecule has 0 saturated carbocycles. The molecule has 4 rings (SSSR count). The van der Waals surface area contributed by atoms with Gasteiger partial charge in [0.1, 0.15) is 11.3 Å². The van der Waals surface area contributed by atoms with Crippen LogP contribution in [0.3, 0.4) is 0 Å². The van der Waals surface area contributed by atoms with Crippen LogP contribution in [0.5, 0.6) is 0 Å². The molecule has 32 heavy (non-hydrogen) atoms. The zero-order valence-corrected chi connectivity index (χ0v) is 18.6.